The van der Waals surface area contributed by atoms with Crippen molar-refractivity contribution in [3.05, 3.63) is 84.6 Å². The lowest BCUT2D eigenvalue weighted by molar-refractivity contribution is 0.0970. The Labute approximate surface area is 197 Å². The minimum absolute atomic E-state index is 0.00498. The molecule has 0 N–H and O–H groups in total. The van der Waals surface area contributed by atoms with Gasteiger partial charge in [0.1, 0.15) is 10.6 Å². The Morgan fingerprint density at radius 2 is 1.88 bits per heavy atom. The fourth-order valence-corrected chi connectivity index (χ4v) is 5.27. The zero-order chi connectivity index (χ0) is 22.6. The number of para-hydroxylation sites is 1. The number of nitrogens with zero attached hydrogens (tertiary/aromatic N) is 3. The van der Waals surface area contributed by atoms with Gasteiger partial charge in [-0.25, -0.2) is 0 Å². The number of benzene rings is 2. The first-order chi connectivity index (χ1) is 15.3. The summed E-state index contributed by atoms with van der Waals surface area (Å²) < 4.78 is 5.93. The second-order valence-corrected chi connectivity index (χ2v) is 9.85. The van der Waals surface area contributed by atoms with Gasteiger partial charge in [0.25, 0.3) is 5.91 Å². The molecule has 0 spiro atoms. The van der Waals surface area contributed by atoms with Gasteiger partial charge in [-0.3, -0.25) is 14.5 Å². The Morgan fingerprint density at radius 1 is 1.09 bits per heavy atom. The Balaban J connectivity index is 1.75. The fourth-order valence-electron chi connectivity index (χ4n) is 3.89. The van der Waals surface area contributed by atoms with Gasteiger partial charge in [0.2, 0.25) is 10.9 Å². The first-order valence-corrected chi connectivity index (χ1v) is 11.6. The molecular formula is C23H17Cl2N3O3S. The maximum Gasteiger partial charge on any atom is 0.297 e. The van der Waals surface area contributed by atoms with Gasteiger partial charge in [0.05, 0.1) is 27.0 Å². The van der Waals surface area contributed by atoms with Gasteiger partial charge in [-0.1, -0.05) is 66.6 Å². The highest BCUT2D eigenvalue weighted by molar-refractivity contribution is 7.15. The van der Waals surface area contributed by atoms with E-state index in [2.05, 4.69) is 24.0 Å². The maximum atomic E-state index is 13.5. The van der Waals surface area contributed by atoms with Crippen LogP contribution in [0.15, 0.2) is 51.7 Å². The summed E-state index contributed by atoms with van der Waals surface area (Å²) in [7, 11) is 0. The molecule has 1 aliphatic heterocycles. The second-order valence-electron chi connectivity index (χ2n) is 8.00. The molecule has 5 rings (SSSR count). The van der Waals surface area contributed by atoms with Gasteiger partial charge in [0, 0.05) is 6.42 Å². The van der Waals surface area contributed by atoms with Crippen LogP contribution >= 0.6 is 34.5 Å². The summed E-state index contributed by atoms with van der Waals surface area (Å²) in [6, 6.07) is 11.2. The van der Waals surface area contributed by atoms with E-state index in [1.165, 1.54) is 16.2 Å². The molecule has 32 heavy (non-hydrogen) atoms. The van der Waals surface area contributed by atoms with Crippen LogP contribution in [0.2, 0.25) is 10.0 Å². The highest BCUT2D eigenvalue weighted by Crippen LogP contribution is 2.43. The Morgan fingerprint density at radius 3 is 2.62 bits per heavy atom. The summed E-state index contributed by atoms with van der Waals surface area (Å²) in [5.74, 6) is -0.0433. The third-order valence-corrected chi connectivity index (χ3v) is 6.97. The predicted molar refractivity (Wildman–Crippen MR) is 126 cm³/mol. The van der Waals surface area contributed by atoms with Gasteiger partial charge >= 0.3 is 0 Å². The van der Waals surface area contributed by atoms with E-state index < -0.39 is 11.9 Å². The zero-order valence-corrected chi connectivity index (χ0v) is 19.5. The number of hydrogen-bond donors (Lipinski definition) is 0. The molecule has 9 heteroatoms. The number of aromatic nitrogens is 2. The molecule has 2 aromatic carbocycles. The van der Waals surface area contributed by atoms with Crippen LogP contribution in [0, 0.1) is 5.92 Å². The molecule has 1 atom stereocenters. The van der Waals surface area contributed by atoms with Gasteiger partial charge in [-0.05, 0) is 35.7 Å². The molecule has 3 heterocycles. The van der Waals surface area contributed by atoms with E-state index in [-0.39, 0.29) is 16.8 Å². The minimum Gasteiger partial charge on any atom is -0.450 e. The van der Waals surface area contributed by atoms with E-state index in [9.17, 15) is 9.59 Å². The quantitative estimate of drug-likeness (QED) is 0.359. The number of amides is 1. The maximum absolute atomic E-state index is 13.5. The largest absolute Gasteiger partial charge is 0.450 e. The number of halogens is 2. The summed E-state index contributed by atoms with van der Waals surface area (Å²) in [6.45, 7) is 4.18. The molecule has 0 saturated heterocycles. The highest BCUT2D eigenvalue weighted by atomic mass is 35.5. The zero-order valence-electron chi connectivity index (χ0n) is 17.1. The van der Waals surface area contributed by atoms with Crippen molar-refractivity contribution in [2.24, 2.45) is 5.92 Å². The summed E-state index contributed by atoms with van der Waals surface area (Å²) in [6.07, 6.45) is 0.741. The van der Waals surface area contributed by atoms with Crippen LogP contribution in [0.4, 0.5) is 5.13 Å². The van der Waals surface area contributed by atoms with Crippen LogP contribution in [-0.2, 0) is 6.42 Å². The topological polar surface area (TPSA) is 76.3 Å². The highest BCUT2D eigenvalue weighted by Gasteiger charge is 2.45. The predicted octanol–water partition coefficient (Wildman–Crippen LogP) is 5.90. The summed E-state index contributed by atoms with van der Waals surface area (Å²) in [5, 5.41) is 10.9. The molecule has 6 nitrogen and oxygen atoms in total. The van der Waals surface area contributed by atoms with Crippen LogP contribution in [0.5, 0.6) is 0 Å². The molecule has 1 amide bonds. The number of hydrogen-bond acceptors (Lipinski definition) is 6. The molecule has 0 saturated carbocycles. The molecule has 2 aromatic heterocycles. The minimum atomic E-state index is -0.757. The van der Waals surface area contributed by atoms with Crippen molar-refractivity contribution in [2.45, 2.75) is 26.3 Å². The fraction of sp³-hybridized carbons (Fsp3) is 0.217. The van der Waals surface area contributed by atoms with Crippen molar-refractivity contribution in [3.63, 3.8) is 0 Å². The molecule has 4 aromatic rings. The molecule has 0 aliphatic carbocycles. The second kappa shape index (κ2) is 7.99. The first kappa shape index (κ1) is 21.1. The van der Waals surface area contributed by atoms with Gasteiger partial charge < -0.3 is 4.42 Å². The van der Waals surface area contributed by atoms with Crippen LogP contribution in [0.1, 0.15) is 46.6 Å². The average molecular weight is 486 g/mol. The number of carbonyl (C=O) groups is 1. The van der Waals surface area contributed by atoms with Gasteiger partial charge in [-0.15, -0.1) is 10.2 Å². The first-order valence-electron chi connectivity index (χ1n) is 10.0. The monoisotopic (exact) mass is 485 g/mol. The van der Waals surface area contributed by atoms with Crippen LogP contribution in [0.3, 0.4) is 0 Å². The molecule has 162 valence electrons. The molecule has 1 aliphatic rings. The van der Waals surface area contributed by atoms with E-state index in [0.29, 0.717) is 37.6 Å². The molecule has 0 bridgehead atoms. The van der Waals surface area contributed by atoms with Crippen molar-refractivity contribution in [1.82, 2.24) is 10.2 Å². The summed E-state index contributed by atoms with van der Waals surface area (Å²) in [5.41, 5.74) is 0.986. The van der Waals surface area contributed by atoms with Crippen molar-refractivity contribution in [1.29, 1.82) is 0 Å². The average Bonchev–Trinajstić information content (AvgIpc) is 3.32. The number of anilines is 1. The lowest BCUT2D eigenvalue weighted by Crippen LogP contribution is -2.29. The number of fused-ring (bicyclic) bond motifs is 2. The van der Waals surface area contributed by atoms with Gasteiger partial charge in [0.15, 0.2) is 5.43 Å². The lowest BCUT2D eigenvalue weighted by Gasteiger charge is -2.22. The molecular weight excluding hydrogens is 469 g/mol. The lowest BCUT2D eigenvalue weighted by atomic mass is 9.99. The van der Waals surface area contributed by atoms with Crippen LogP contribution in [-0.4, -0.2) is 16.1 Å². The number of carbonyl (C=O) groups excluding carboxylic acids is 1. The van der Waals surface area contributed by atoms with E-state index in [1.54, 1.807) is 42.5 Å². The third-order valence-electron chi connectivity index (χ3n) is 5.28. The van der Waals surface area contributed by atoms with E-state index in [4.69, 9.17) is 27.6 Å². The Bertz CT molecular complexity index is 1430. The van der Waals surface area contributed by atoms with Crippen molar-refractivity contribution < 1.29 is 9.21 Å². The van der Waals surface area contributed by atoms with E-state index in [1.807, 2.05) is 0 Å². The normalized spacial score (nSPS) is 15.7. The third kappa shape index (κ3) is 3.41. The standard InChI is InChI=1S/C23H17Cl2N3O3S/c1-11(2)9-17-26-27-23(32-17)28-19(12-7-8-14(24)15(25)10-12)18-20(29)13-5-3-4-6-16(13)31-21(18)22(28)30/h3-8,10-11,19H,9H2,1-2H3. The Kier molecular flexibility index (Phi) is 5.28. The van der Waals surface area contributed by atoms with Crippen molar-refractivity contribution in [2.75, 3.05) is 4.90 Å². The molecule has 1 unspecified atom stereocenters. The SMILES string of the molecule is CC(C)Cc1nnc(N2C(=O)c3oc4ccccc4c(=O)c3C2c2ccc(Cl)c(Cl)c2)s1. The van der Waals surface area contributed by atoms with Crippen LogP contribution in [0.25, 0.3) is 11.0 Å². The van der Waals surface area contributed by atoms with Gasteiger partial charge in [-0.2, -0.15) is 0 Å². The number of rotatable bonds is 4. The van der Waals surface area contributed by atoms with Crippen LogP contribution < -0.4 is 10.3 Å². The summed E-state index contributed by atoms with van der Waals surface area (Å²) >= 11 is 13.7. The smallest absolute Gasteiger partial charge is 0.297 e. The van der Waals surface area contributed by atoms with E-state index in [0.717, 1.165) is 11.4 Å². The van der Waals surface area contributed by atoms with Crippen molar-refractivity contribution in [3.8, 4) is 0 Å². The molecule has 0 fully saturated rings. The van der Waals surface area contributed by atoms with Crippen molar-refractivity contribution >= 4 is 56.5 Å². The molecule has 0 radical (unpaired) electrons. The van der Waals surface area contributed by atoms with E-state index >= 15 is 0 Å². The Hall–Kier alpha value is -2.74. The summed E-state index contributed by atoms with van der Waals surface area (Å²) in [4.78, 5) is 28.5.